The van der Waals surface area contributed by atoms with Gasteiger partial charge in [0.1, 0.15) is 6.04 Å². The Morgan fingerprint density at radius 1 is 1.13 bits per heavy atom. The van der Waals surface area contributed by atoms with E-state index in [1.165, 1.54) is 17.3 Å². The van der Waals surface area contributed by atoms with Crippen molar-refractivity contribution in [2.75, 3.05) is 18.4 Å². The van der Waals surface area contributed by atoms with Gasteiger partial charge >= 0.3 is 0 Å². The molecule has 31 heavy (non-hydrogen) atoms. The van der Waals surface area contributed by atoms with E-state index in [2.05, 4.69) is 5.32 Å². The van der Waals surface area contributed by atoms with Crippen LogP contribution in [0.3, 0.4) is 0 Å². The highest BCUT2D eigenvalue weighted by Gasteiger charge is 2.50. The van der Waals surface area contributed by atoms with Gasteiger partial charge in [-0.2, -0.15) is 4.31 Å². The van der Waals surface area contributed by atoms with Crippen LogP contribution < -0.4 is 5.32 Å². The minimum Gasteiger partial charge on any atom is -0.324 e. The van der Waals surface area contributed by atoms with E-state index in [0.717, 1.165) is 17.7 Å². The number of amides is 3. The summed E-state index contributed by atoms with van der Waals surface area (Å²) in [6.45, 7) is 7.45. The maximum Gasteiger partial charge on any atom is 0.247 e. The molecule has 0 radical (unpaired) electrons. The Bertz CT molecular complexity index is 963. The van der Waals surface area contributed by atoms with Crippen LogP contribution in [0.25, 0.3) is 0 Å². The van der Waals surface area contributed by atoms with Crippen LogP contribution in [0.2, 0.25) is 0 Å². The second-order valence-electron chi connectivity index (χ2n) is 8.28. The van der Waals surface area contributed by atoms with Gasteiger partial charge in [0, 0.05) is 18.8 Å². The molecular weight excluding hydrogens is 418 g/mol. The monoisotopic (exact) mass is 449 g/mol. The molecule has 1 aromatic carbocycles. The fourth-order valence-electron chi connectivity index (χ4n) is 4.59. The minimum absolute atomic E-state index is 0.126. The Morgan fingerprint density at radius 3 is 2.19 bits per heavy atom. The lowest BCUT2D eigenvalue weighted by atomic mass is 9.81. The first kappa shape index (κ1) is 23.4. The van der Waals surface area contributed by atoms with Gasteiger partial charge in [-0.05, 0) is 44.4 Å². The molecule has 2 fully saturated rings. The molecule has 1 saturated heterocycles. The van der Waals surface area contributed by atoms with Crippen LogP contribution in [0.4, 0.5) is 5.69 Å². The van der Waals surface area contributed by atoms with Gasteiger partial charge < -0.3 is 5.32 Å². The molecule has 0 unspecified atom stereocenters. The van der Waals surface area contributed by atoms with Crippen LogP contribution in [0.15, 0.2) is 23.1 Å². The highest BCUT2D eigenvalue weighted by Crippen LogP contribution is 2.39. The molecule has 3 amide bonds. The lowest BCUT2D eigenvalue weighted by Gasteiger charge is -2.23. The van der Waals surface area contributed by atoms with Crippen molar-refractivity contribution in [1.29, 1.82) is 0 Å². The summed E-state index contributed by atoms with van der Waals surface area (Å²) in [4.78, 5) is 39.6. The molecule has 3 rings (SSSR count). The van der Waals surface area contributed by atoms with Crippen molar-refractivity contribution >= 4 is 33.4 Å². The predicted molar refractivity (Wildman–Crippen MR) is 117 cm³/mol. The van der Waals surface area contributed by atoms with Gasteiger partial charge in [-0.25, -0.2) is 8.42 Å². The van der Waals surface area contributed by atoms with Crippen LogP contribution in [-0.4, -0.2) is 54.5 Å². The van der Waals surface area contributed by atoms with E-state index in [0.29, 0.717) is 37.2 Å². The average Bonchev–Trinajstić information content (AvgIpc) is 3.00. The summed E-state index contributed by atoms with van der Waals surface area (Å²) in [5.74, 6) is -1.70. The normalized spacial score (nSPS) is 22.5. The van der Waals surface area contributed by atoms with E-state index in [1.807, 2.05) is 0 Å². The molecule has 0 aromatic heterocycles. The van der Waals surface area contributed by atoms with Crippen molar-refractivity contribution < 1.29 is 22.8 Å². The number of fused-ring (bicyclic) bond motifs is 1. The molecule has 1 aromatic rings. The Morgan fingerprint density at radius 2 is 1.68 bits per heavy atom. The third-order valence-electron chi connectivity index (χ3n) is 6.42. The van der Waals surface area contributed by atoms with Crippen molar-refractivity contribution in [3.05, 3.63) is 23.8 Å². The Balaban J connectivity index is 1.81. The number of sulfonamides is 1. The second kappa shape index (κ2) is 9.08. The topological polar surface area (TPSA) is 104 Å². The standard InChI is InChI=1S/C22H31N3O5S/c1-5-24(6-2)31(29,30)19-13-16(12-11-14(19)3)23-20(26)15(4)25-21(27)17-9-7-8-10-18(17)22(25)28/h11-13,15,17-18H,5-10H2,1-4H3,(H,23,26)/t15-,17-,18-/m0/s1. The maximum atomic E-state index is 12.9. The number of nitrogens with one attached hydrogen (secondary N) is 1. The van der Waals surface area contributed by atoms with E-state index in [4.69, 9.17) is 0 Å². The SMILES string of the molecule is CCN(CC)S(=O)(=O)c1cc(NC(=O)[C@H](C)N2C(=O)[C@H]3CCCC[C@@H]3C2=O)ccc1C. The summed E-state index contributed by atoms with van der Waals surface area (Å²) in [5, 5.41) is 2.69. The zero-order valence-electron chi connectivity index (χ0n) is 18.6. The molecule has 1 aliphatic carbocycles. The van der Waals surface area contributed by atoms with Gasteiger partial charge in [-0.1, -0.05) is 32.8 Å². The first-order valence-corrected chi connectivity index (χ1v) is 12.4. The molecule has 1 heterocycles. The zero-order valence-corrected chi connectivity index (χ0v) is 19.4. The first-order chi connectivity index (χ1) is 14.6. The van der Waals surface area contributed by atoms with Crippen molar-refractivity contribution in [3.8, 4) is 0 Å². The molecule has 2 aliphatic rings. The molecule has 170 valence electrons. The van der Waals surface area contributed by atoms with E-state index >= 15 is 0 Å². The van der Waals surface area contributed by atoms with Crippen molar-refractivity contribution in [2.24, 2.45) is 11.8 Å². The molecule has 3 atom stereocenters. The van der Waals surface area contributed by atoms with E-state index in [1.54, 1.807) is 32.9 Å². The summed E-state index contributed by atoms with van der Waals surface area (Å²) < 4.78 is 27.2. The first-order valence-electron chi connectivity index (χ1n) is 10.9. The van der Waals surface area contributed by atoms with E-state index in [9.17, 15) is 22.8 Å². The van der Waals surface area contributed by atoms with Gasteiger partial charge in [-0.3, -0.25) is 19.3 Å². The minimum atomic E-state index is -3.69. The number of anilines is 1. The highest BCUT2D eigenvalue weighted by atomic mass is 32.2. The molecule has 1 N–H and O–H groups in total. The highest BCUT2D eigenvalue weighted by molar-refractivity contribution is 7.89. The summed E-state index contributed by atoms with van der Waals surface area (Å²) >= 11 is 0. The van der Waals surface area contributed by atoms with Crippen LogP contribution in [0.1, 0.15) is 52.0 Å². The lowest BCUT2D eigenvalue weighted by molar-refractivity contribution is -0.146. The molecule has 1 aliphatic heterocycles. The van der Waals surface area contributed by atoms with E-state index in [-0.39, 0.29) is 28.5 Å². The number of carbonyl (C=O) groups excluding carboxylic acids is 3. The fraction of sp³-hybridized carbons (Fsp3) is 0.591. The molecule has 0 bridgehead atoms. The zero-order chi connectivity index (χ0) is 22.9. The summed E-state index contributed by atoms with van der Waals surface area (Å²) in [7, 11) is -3.69. The maximum absolute atomic E-state index is 12.9. The number of carbonyl (C=O) groups is 3. The molecule has 9 heteroatoms. The van der Waals surface area contributed by atoms with Crippen LogP contribution >= 0.6 is 0 Å². The number of imide groups is 1. The number of benzene rings is 1. The summed E-state index contributed by atoms with van der Waals surface area (Å²) in [6, 6.07) is 3.72. The Kier molecular flexibility index (Phi) is 6.85. The quantitative estimate of drug-likeness (QED) is 0.644. The Hall–Kier alpha value is -2.26. The number of rotatable bonds is 7. The molecule has 8 nitrogen and oxygen atoms in total. The largest absolute Gasteiger partial charge is 0.324 e. The number of hydrogen-bond donors (Lipinski definition) is 1. The van der Waals surface area contributed by atoms with E-state index < -0.39 is 22.0 Å². The van der Waals surface area contributed by atoms with Gasteiger partial charge in [0.25, 0.3) is 0 Å². The van der Waals surface area contributed by atoms with Crippen LogP contribution in [0.5, 0.6) is 0 Å². The van der Waals surface area contributed by atoms with Crippen molar-refractivity contribution in [3.63, 3.8) is 0 Å². The van der Waals surface area contributed by atoms with Gasteiger partial charge in [0.15, 0.2) is 0 Å². The van der Waals surface area contributed by atoms with Crippen molar-refractivity contribution in [1.82, 2.24) is 9.21 Å². The molecule has 0 spiro atoms. The number of hydrogen-bond acceptors (Lipinski definition) is 5. The van der Waals surface area contributed by atoms with Gasteiger partial charge in [0.2, 0.25) is 27.7 Å². The molecular formula is C22H31N3O5S. The number of nitrogens with zero attached hydrogens (tertiary/aromatic N) is 2. The fourth-order valence-corrected chi connectivity index (χ4v) is 6.30. The lowest BCUT2D eigenvalue weighted by Crippen LogP contribution is -2.46. The van der Waals surface area contributed by atoms with Gasteiger partial charge in [0.05, 0.1) is 16.7 Å². The average molecular weight is 450 g/mol. The number of aryl methyl sites for hydroxylation is 1. The van der Waals surface area contributed by atoms with Crippen LogP contribution in [-0.2, 0) is 24.4 Å². The third kappa shape index (κ3) is 4.25. The third-order valence-corrected chi connectivity index (χ3v) is 8.61. The number of likely N-dealkylation sites (tertiary alicyclic amines) is 1. The molecule has 1 saturated carbocycles. The summed E-state index contributed by atoms with van der Waals surface area (Å²) in [6.07, 6.45) is 3.21. The smallest absolute Gasteiger partial charge is 0.247 e. The Labute approximate surface area is 184 Å². The predicted octanol–water partition coefficient (Wildman–Crippen LogP) is 2.53. The van der Waals surface area contributed by atoms with Crippen LogP contribution in [0, 0.1) is 18.8 Å². The van der Waals surface area contributed by atoms with Crippen molar-refractivity contribution in [2.45, 2.75) is 64.3 Å². The second-order valence-corrected chi connectivity index (χ2v) is 10.2. The van der Waals surface area contributed by atoms with Gasteiger partial charge in [-0.15, -0.1) is 0 Å². The summed E-state index contributed by atoms with van der Waals surface area (Å²) in [5.41, 5.74) is 0.886.